The summed E-state index contributed by atoms with van der Waals surface area (Å²) in [5.74, 6) is 1.01. The third-order valence-electron chi connectivity index (χ3n) is 2.72. The van der Waals surface area contributed by atoms with Crippen molar-refractivity contribution in [1.82, 2.24) is 4.98 Å². The Labute approximate surface area is 80.4 Å². The zero-order chi connectivity index (χ0) is 9.73. The molecule has 0 unspecified atom stereocenters. The molecule has 0 N–H and O–H groups in total. The molecule has 0 spiro atoms. The normalized spacial score (nSPS) is 11.9. The topological polar surface area (TPSA) is 26.0 Å². The minimum atomic E-state index is 0.472. The second-order valence-electron chi connectivity index (χ2n) is 4.34. The van der Waals surface area contributed by atoms with Crippen LogP contribution in [0.3, 0.4) is 0 Å². The van der Waals surface area contributed by atoms with Crippen LogP contribution < -0.4 is 0 Å². The van der Waals surface area contributed by atoms with Gasteiger partial charge in [0.25, 0.3) is 0 Å². The molecule has 1 heterocycles. The van der Waals surface area contributed by atoms with Crippen molar-refractivity contribution < 1.29 is 4.42 Å². The molecular formula is C11H19NO. The Kier molecular flexibility index (Phi) is 3.52. The maximum atomic E-state index is 5.17. The Balaban J connectivity index is 2.21. The van der Waals surface area contributed by atoms with Gasteiger partial charge in [-0.05, 0) is 18.3 Å². The van der Waals surface area contributed by atoms with Crippen molar-refractivity contribution in [2.45, 2.75) is 46.5 Å². The van der Waals surface area contributed by atoms with Gasteiger partial charge >= 0.3 is 0 Å². The van der Waals surface area contributed by atoms with Crippen molar-refractivity contribution in [2.75, 3.05) is 0 Å². The van der Waals surface area contributed by atoms with Crippen LogP contribution in [0.15, 0.2) is 17.0 Å². The van der Waals surface area contributed by atoms with Gasteiger partial charge in [-0.3, -0.25) is 0 Å². The van der Waals surface area contributed by atoms with Crippen LogP contribution in [0.25, 0.3) is 0 Å². The number of oxazole rings is 1. The standard InChI is InChI=1S/C11H19NO/c1-4-11(2,3)7-5-6-10-8-12-9-13-10/h8-9H,4-7H2,1-3H3. The molecule has 0 aliphatic carbocycles. The Morgan fingerprint density at radius 3 is 2.77 bits per heavy atom. The highest BCUT2D eigenvalue weighted by Gasteiger charge is 2.14. The lowest BCUT2D eigenvalue weighted by Crippen LogP contribution is -2.09. The highest BCUT2D eigenvalue weighted by molar-refractivity contribution is 4.88. The van der Waals surface area contributed by atoms with Gasteiger partial charge in [0.15, 0.2) is 6.39 Å². The molecule has 0 aromatic carbocycles. The first-order valence-corrected chi connectivity index (χ1v) is 5.01. The predicted molar refractivity (Wildman–Crippen MR) is 53.5 cm³/mol. The van der Waals surface area contributed by atoms with Gasteiger partial charge < -0.3 is 4.42 Å². The molecule has 13 heavy (non-hydrogen) atoms. The second kappa shape index (κ2) is 4.45. The number of hydrogen-bond acceptors (Lipinski definition) is 2. The molecule has 0 atom stereocenters. The predicted octanol–water partition coefficient (Wildman–Crippen LogP) is 3.43. The van der Waals surface area contributed by atoms with E-state index in [2.05, 4.69) is 25.8 Å². The van der Waals surface area contributed by atoms with Gasteiger partial charge in [-0.25, -0.2) is 4.98 Å². The highest BCUT2D eigenvalue weighted by atomic mass is 16.3. The van der Waals surface area contributed by atoms with Gasteiger partial charge in [0.05, 0.1) is 6.20 Å². The van der Waals surface area contributed by atoms with E-state index >= 15 is 0 Å². The zero-order valence-electron chi connectivity index (χ0n) is 8.84. The van der Waals surface area contributed by atoms with E-state index in [1.807, 2.05) is 0 Å². The number of aromatic nitrogens is 1. The Morgan fingerprint density at radius 2 is 2.23 bits per heavy atom. The van der Waals surface area contributed by atoms with Crippen LogP contribution in [0.5, 0.6) is 0 Å². The summed E-state index contributed by atoms with van der Waals surface area (Å²) in [6.07, 6.45) is 8.01. The fourth-order valence-electron chi connectivity index (χ4n) is 1.28. The van der Waals surface area contributed by atoms with Crippen LogP contribution in [0, 0.1) is 5.41 Å². The SMILES string of the molecule is CCC(C)(C)CCCc1cnco1. The lowest BCUT2D eigenvalue weighted by molar-refractivity contribution is 0.309. The molecule has 0 aliphatic rings. The molecule has 1 rings (SSSR count). The van der Waals surface area contributed by atoms with Crippen molar-refractivity contribution in [3.63, 3.8) is 0 Å². The van der Waals surface area contributed by atoms with E-state index in [4.69, 9.17) is 4.42 Å². The summed E-state index contributed by atoms with van der Waals surface area (Å²) in [6, 6.07) is 0. The molecular weight excluding hydrogens is 162 g/mol. The van der Waals surface area contributed by atoms with E-state index in [-0.39, 0.29) is 0 Å². The molecule has 0 fully saturated rings. The summed E-state index contributed by atoms with van der Waals surface area (Å²) in [6.45, 7) is 6.87. The van der Waals surface area contributed by atoms with Gasteiger partial charge in [0, 0.05) is 6.42 Å². The van der Waals surface area contributed by atoms with Crippen LogP contribution >= 0.6 is 0 Å². The van der Waals surface area contributed by atoms with Gasteiger partial charge in [-0.1, -0.05) is 27.2 Å². The molecule has 0 amide bonds. The molecule has 2 heteroatoms. The minimum absolute atomic E-state index is 0.472. The Hall–Kier alpha value is -0.790. The third kappa shape index (κ3) is 3.62. The molecule has 0 radical (unpaired) electrons. The van der Waals surface area contributed by atoms with Gasteiger partial charge in [0.2, 0.25) is 0 Å². The molecule has 2 nitrogen and oxygen atoms in total. The highest BCUT2D eigenvalue weighted by Crippen LogP contribution is 2.26. The first-order chi connectivity index (χ1) is 6.14. The van der Waals surface area contributed by atoms with E-state index in [1.165, 1.54) is 25.7 Å². The van der Waals surface area contributed by atoms with E-state index in [0.717, 1.165) is 12.2 Å². The van der Waals surface area contributed by atoms with E-state index in [1.54, 1.807) is 6.20 Å². The van der Waals surface area contributed by atoms with E-state index in [0.29, 0.717) is 5.41 Å². The third-order valence-corrected chi connectivity index (χ3v) is 2.72. The van der Waals surface area contributed by atoms with Crippen molar-refractivity contribution in [2.24, 2.45) is 5.41 Å². The molecule has 74 valence electrons. The van der Waals surface area contributed by atoms with Gasteiger partial charge in [0.1, 0.15) is 5.76 Å². The molecule has 0 saturated heterocycles. The van der Waals surface area contributed by atoms with Crippen molar-refractivity contribution in [1.29, 1.82) is 0 Å². The smallest absolute Gasteiger partial charge is 0.180 e. The maximum absolute atomic E-state index is 5.17. The summed E-state index contributed by atoms with van der Waals surface area (Å²) in [5.41, 5.74) is 0.472. The number of nitrogens with zero attached hydrogens (tertiary/aromatic N) is 1. The molecule has 0 bridgehead atoms. The summed E-state index contributed by atoms with van der Waals surface area (Å²) in [5, 5.41) is 0. The largest absolute Gasteiger partial charge is 0.449 e. The molecule has 0 saturated carbocycles. The summed E-state index contributed by atoms with van der Waals surface area (Å²) < 4.78 is 5.17. The fourth-order valence-corrected chi connectivity index (χ4v) is 1.28. The second-order valence-corrected chi connectivity index (χ2v) is 4.34. The fraction of sp³-hybridized carbons (Fsp3) is 0.727. The van der Waals surface area contributed by atoms with E-state index in [9.17, 15) is 0 Å². The maximum Gasteiger partial charge on any atom is 0.180 e. The Morgan fingerprint density at radius 1 is 1.46 bits per heavy atom. The average molecular weight is 181 g/mol. The van der Waals surface area contributed by atoms with Crippen LogP contribution in [-0.4, -0.2) is 4.98 Å². The van der Waals surface area contributed by atoms with E-state index < -0.39 is 0 Å². The summed E-state index contributed by atoms with van der Waals surface area (Å²) in [4.78, 5) is 3.89. The van der Waals surface area contributed by atoms with Crippen molar-refractivity contribution >= 4 is 0 Å². The Bertz CT molecular complexity index is 226. The molecule has 0 aliphatic heterocycles. The number of hydrogen-bond donors (Lipinski definition) is 0. The van der Waals surface area contributed by atoms with Gasteiger partial charge in [-0.15, -0.1) is 0 Å². The number of rotatable bonds is 5. The van der Waals surface area contributed by atoms with Gasteiger partial charge in [-0.2, -0.15) is 0 Å². The van der Waals surface area contributed by atoms with Crippen molar-refractivity contribution in [3.05, 3.63) is 18.4 Å². The number of aryl methyl sites for hydroxylation is 1. The zero-order valence-corrected chi connectivity index (χ0v) is 8.84. The average Bonchev–Trinajstić information content (AvgIpc) is 2.57. The quantitative estimate of drug-likeness (QED) is 0.695. The monoisotopic (exact) mass is 181 g/mol. The first-order valence-electron chi connectivity index (χ1n) is 5.01. The molecule has 1 aromatic heterocycles. The van der Waals surface area contributed by atoms with Crippen molar-refractivity contribution in [3.8, 4) is 0 Å². The lowest BCUT2D eigenvalue weighted by Gasteiger charge is -2.21. The van der Waals surface area contributed by atoms with Crippen LogP contribution in [0.1, 0.15) is 45.8 Å². The lowest BCUT2D eigenvalue weighted by atomic mass is 9.84. The summed E-state index contributed by atoms with van der Waals surface area (Å²) in [7, 11) is 0. The molecule has 1 aromatic rings. The first kappa shape index (κ1) is 10.3. The van der Waals surface area contributed by atoms with Crippen LogP contribution in [-0.2, 0) is 6.42 Å². The summed E-state index contributed by atoms with van der Waals surface area (Å²) >= 11 is 0. The van der Waals surface area contributed by atoms with Crippen LogP contribution in [0.2, 0.25) is 0 Å². The van der Waals surface area contributed by atoms with Crippen LogP contribution in [0.4, 0.5) is 0 Å². The minimum Gasteiger partial charge on any atom is -0.449 e.